The molecule has 0 aliphatic carbocycles. The highest BCUT2D eigenvalue weighted by atomic mass is 19.1. The summed E-state index contributed by atoms with van der Waals surface area (Å²) in [5.74, 6) is 0.341. The Bertz CT molecular complexity index is 944. The first-order valence-electron chi connectivity index (χ1n) is 8.75. The Kier molecular flexibility index (Phi) is 5.42. The second-order valence-electron chi connectivity index (χ2n) is 5.97. The Morgan fingerprint density at radius 2 is 1.77 bits per heavy atom. The smallest absolute Gasteiger partial charge is 0.185 e. The van der Waals surface area contributed by atoms with Crippen LogP contribution in [0.4, 0.5) is 10.2 Å². The van der Waals surface area contributed by atoms with Crippen LogP contribution in [0.1, 0.15) is 29.8 Å². The zero-order valence-corrected chi connectivity index (χ0v) is 14.9. The van der Waals surface area contributed by atoms with Crippen LogP contribution in [0, 0.1) is 5.82 Å². The number of rotatable bonds is 6. The van der Waals surface area contributed by atoms with E-state index in [1.54, 1.807) is 6.08 Å². The number of hydrogen-bond acceptors (Lipinski definition) is 3. The molecule has 2 aromatic carbocycles. The number of pyridine rings is 1. The minimum atomic E-state index is -0.354. The zero-order valence-electron chi connectivity index (χ0n) is 14.9. The molecule has 3 aromatic rings. The first-order valence-corrected chi connectivity index (χ1v) is 8.75. The first kappa shape index (κ1) is 17.8. The molecule has 0 fully saturated rings. The minimum Gasteiger partial charge on any atom is -0.357 e. The van der Waals surface area contributed by atoms with Crippen LogP contribution >= 0.6 is 0 Å². The van der Waals surface area contributed by atoms with Crippen LogP contribution < -0.4 is 4.90 Å². The first-order chi connectivity index (χ1) is 12.6. The molecule has 4 heteroatoms. The van der Waals surface area contributed by atoms with Crippen molar-refractivity contribution in [3.63, 3.8) is 0 Å². The molecule has 0 amide bonds. The predicted octanol–water partition coefficient (Wildman–Crippen LogP) is 5.12. The van der Waals surface area contributed by atoms with Gasteiger partial charge in [0.1, 0.15) is 11.6 Å². The molecular formula is C22H21FN2O. The van der Waals surface area contributed by atoms with Crippen molar-refractivity contribution in [1.82, 2.24) is 4.98 Å². The molecule has 0 saturated heterocycles. The average Bonchev–Trinajstić information content (AvgIpc) is 2.67. The van der Waals surface area contributed by atoms with E-state index in [4.69, 9.17) is 4.98 Å². The number of nitrogens with zero attached hydrogens (tertiary/aromatic N) is 2. The number of anilines is 1. The van der Waals surface area contributed by atoms with Gasteiger partial charge in [-0.1, -0.05) is 18.2 Å². The van der Waals surface area contributed by atoms with Crippen LogP contribution in [0.25, 0.3) is 17.0 Å². The van der Waals surface area contributed by atoms with Gasteiger partial charge in [0.15, 0.2) is 5.78 Å². The van der Waals surface area contributed by atoms with E-state index >= 15 is 0 Å². The lowest BCUT2D eigenvalue weighted by Crippen LogP contribution is -2.23. The van der Waals surface area contributed by atoms with Crippen molar-refractivity contribution in [3.8, 4) is 0 Å². The molecule has 3 rings (SSSR count). The summed E-state index contributed by atoms with van der Waals surface area (Å²) in [7, 11) is 0. The molecule has 132 valence electrons. The molecule has 3 nitrogen and oxygen atoms in total. The fourth-order valence-corrected chi connectivity index (χ4v) is 2.90. The summed E-state index contributed by atoms with van der Waals surface area (Å²) in [4.78, 5) is 19.3. The number of carbonyl (C=O) groups is 1. The minimum absolute atomic E-state index is 0.163. The maximum absolute atomic E-state index is 13.0. The van der Waals surface area contributed by atoms with E-state index in [9.17, 15) is 9.18 Å². The van der Waals surface area contributed by atoms with Crippen LogP contribution in [0.3, 0.4) is 0 Å². The Labute approximate surface area is 152 Å². The number of allylic oxidation sites excluding steroid dienone is 1. The van der Waals surface area contributed by atoms with E-state index in [1.807, 2.05) is 30.3 Å². The Morgan fingerprint density at radius 3 is 2.46 bits per heavy atom. The van der Waals surface area contributed by atoms with Gasteiger partial charge in [-0.3, -0.25) is 4.79 Å². The lowest BCUT2D eigenvalue weighted by molar-refractivity contribution is 0.104. The van der Waals surface area contributed by atoms with Crippen LogP contribution in [0.15, 0.2) is 60.7 Å². The van der Waals surface area contributed by atoms with E-state index in [2.05, 4.69) is 18.7 Å². The number of fused-ring (bicyclic) bond motifs is 1. The third kappa shape index (κ3) is 3.80. The van der Waals surface area contributed by atoms with Gasteiger partial charge in [-0.25, -0.2) is 9.37 Å². The van der Waals surface area contributed by atoms with Crippen molar-refractivity contribution in [1.29, 1.82) is 0 Å². The van der Waals surface area contributed by atoms with E-state index in [0.717, 1.165) is 35.4 Å². The van der Waals surface area contributed by atoms with Crippen LogP contribution in [0.2, 0.25) is 0 Å². The number of para-hydroxylation sites is 1. The van der Waals surface area contributed by atoms with Crippen molar-refractivity contribution in [2.24, 2.45) is 0 Å². The molecule has 1 heterocycles. The van der Waals surface area contributed by atoms with Crippen molar-refractivity contribution in [2.75, 3.05) is 18.0 Å². The van der Waals surface area contributed by atoms with Crippen LogP contribution in [0.5, 0.6) is 0 Å². The van der Waals surface area contributed by atoms with Gasteiger partial charge >= 0.3 is 0 Å². The fraction of sp³-hybridized carbons (Fsp3) is 0.182. The van der Waals surface area contributed by atoms with Crippen molar-refractivity contribution in [3.05, 3.63) is 77.6 Å². The molecule has 0 aliphatic heterocycles. The average molecular weight is 348 g/mol. The summed E-state index contributed by atoms with van der Waals surface area (Å²) in [6.45, 7) is 5.82. The van der Waals surface area contributed by atoms with E-state index in [1.165, 1.54) is 30.3 Å². The van der Waals surface area contributed by atoms with Gasteiger partial charge in [-0.15, -0.1) is 0 Å². The zero-order chi connectivity index (χ0) is 18.5. The highest BCUT2D eigenvalue weighted by molar-refractivity contribution is 6.07. The molecule has 0 saturated carbocycles. The maximum atomic E-state index is 13.0. The number of hydrogen-bond donors (Lipinski definition) is 0. The number of carbonyl (C=O) groups excluding carboxylic acids is 1. The summed E-state index contributed by atoms with van der Waals surface area (Å²) in [5.41, 5.74) is 2.28. The van der Waals surface area contributed by atoms with Gasteiger partial charge in [-0.05, 0) is 62.4 Å². The molecule has 0 aliphatic rings. The number of ketones is 1. The number of aromatic nitrogens is 1. The second kappa shape index (κ2) is 7.91. The summed E-state index contributed by atoms with van der Waals surface area (Å²) in [5, 5.41) is 1.03. The summed E-state index contributed by atoms with van der Waals surface area (Å²) >= 11 is 0. The van der Waals surface area contributed by atoms with Gasteiger partial charge in [0.05, 0.1) is 5.52 Å². The van der Waals surface area contributed by atoms with Crippen molar-refractivity contribution < 1.29 is 9.18 Å². The predicted molar refractivity (Wildman–Crippen MR) is 105 cm³/mol. The van der Waals surface area contributed by atoms with Gasteiger partial charge in [0, 0.05) is 29.6 Å². The normalized spacial score (nSPS) is 11.2. The highest BCUT2D eigenvalue weighted by Crippen LogP contribution is 2.25. The standard InChI is InChI=1S/C22H21FN2O/c1-3-25(4-2)22-18(15-17-7-5-6-8-20(17)24-22)11-14-21(26)16-9-12-19(23)13-10-16/h5-15H,3-4H2,1-2H3/b14-11+. The second-order valence-corrected chi connectivity index (χ2v) is 5.97. The van der Waals surface area contributed by atoms with E-state index in [0.29, 0.717) is 5.56 Å². The number of benzene rings is 2. The lowest BCUT2D eigenvalue weighted by atomic mass is 10.1. The summed E-state index contributed by atoms with van der Waals surface area (Å²) < 4.78 is 13.0. The summed E-state index contributed by atoms with van der Waals surface area (Å²) in [6, 6.07) is 15.5. The maximum Gasteiger partial charge on any atom is 0.185 e. The van der Waals surface area contributed by atoms with Crippen molar-refractivity contribution in [2.45, 2.75) is 13.8 Å². The topological polar surface area (TPSA) is 33.2 Å². The Morgan fingerprint density at radius 1 is 1.08 bits per heavy atom. The highest BCUT2D eigenvalue weighted by Gasteiger charge is 2.11. The lowest BCUT2D eigenvalue weighted by Gasteiger charge is -2.22. The molecule has 1 aromatic heterocycles. The van der Waals surface area contributed by atoms with Crippen LogP contribution in [-0.2, 0) is 0 Å². The van der Waals surface area contributed by atoms with Gasteiger partial charge in [0.2, 0.25) is 0 Å². The van der Waals surface area contributed by atoms with Gasteiger partial charge in [-0.2, -0.15) is 0 Å². The van der Waals surface area contributed by atoms with Gasteiger partial charge < -0.3 is 4.90 Å². The SMILES string of the molecule is CCN(CC)c1nc2ccccc2cc1/C=C/C(=O)c1ccc(F)cc1. The van der Waals surface area contributed by atoms with Gasteiger partial charge in [0.25, 0.3) is 0 Å². The molecular weight excluding hydrogens is 327 g/mol. The molecule has 0 spiro atoms. The molecule has 0 N–H and O–H groups in total. The fourth-order valence-electron chi connectivity index (χ4n) is 2.90. The van der Waals surface area contributed by atoms with E-state index < -0.39 is 0 Å². The third-order valence-corrected chi connectivity index (χ3v) is 4.34. The third-order valence-electron chi connectivity index (χ3n) is 4.34. The molecule has 0 bridgehead atoms. The molecule has 0 radical (unpaired) electrons. The molecule has 26 heavy (non-hydrogen) atoms. The van der Waals surface area contributed by atoms with Crippen LogP contribution in [-0.4, -0.2) is 23.9 Å². The molecule has 0 unspecified atom stereocenters. The van der Waals surface area contributed by atoms with E-state index in [-0.39, 0.29) is 11.6 Å². The molecule has 0 atom stereocenters. The largest absolute Gasteiger partial charge is 0.357 e. The summed E-state index contributed by atoms with van der Waals surface area (Å²) in [6.07, 6.45) is 3.31. The van der Waals surface area contributed by atoms with Crippen molar-refractivity contribution >= 4 is 28.6 Å². The number of halogens is 1. The Hall–Kier alpha value is -3.01. The monoisotopic (exact) mass is 348 g/mol. The Balaban J connectivity index is 2.00. The quantitative estimate of drug-likeness (QED) is 0.458.